The van der Waals surface area contributed by atoms with Crippen molar-refractivity contribution in [2.45, 2.75) is 32.6 Å². The first-order valence-electron chi connectivity index (χ1n) is 7.30. The molecular weight excluding hydrogens is 242 g/mol. The van der Waals surface area contributed by atoms with Gasteiger partial charge in [-0.25, -0.2) is 4.58 Å². The van der Waals surface area contributed by atoms with E-state index in [2.05, 4.69) is 80.9 Å². The van der Waals surface area contributed by atoms with Gasteiger partial charge in [-0.1, -0.05) is 42.5 Å². The van der Waals surface area contributed by atoms with E-state index in [0.29, 0.717) is 0 Å². The summed E-state index contributed by atoms with van der Waals surface area (Å²) in [5, 5.41) is 2.68. The molecule has 0 amide bonds. The number of hydrogen-bond acceptors (Lipinski definition) is 0. The Morgan fingerprint density at radius 1 is 1.15 bits per heavy atom. The van der Waals surface area contributed by atoms with Gasteiger partial charge in [0, 0.05) is 12.5 Å². The maximum absolute atomic E-state index is 2.38. The zero-order valence-corrected chi connectivity index (χ0v) is 12.8. The minimum absolute atomic E-state index is 0.112. The monoisotopic (exact) mass is 264 g/mol. The number of fused-ring (bicyclic) bond motifs is 3. The third kappa shape index (κ3) is 1.66. The van der Waals surface area contributed by atoms with Gasteiger partial charge in [-0.05, 0) is 31.7 Å². The van der Waals surface area contributed by atoms with Crippen LogP contribution >= 0.6 is 0 Å². The Hall–Kier alpha value is -1.89. The first-order chi connectivity index (χ1) is 9.59. The van der Waals surface area contributed by atoms with Crippen LogP contribution in [-0.4, -0.2) is 17.3 Å². The molecule has 0 aromatic heterocycles. The Morgan fingerprint density at radius 3 is 2.65 bits per heavy atom. The standard InChI is InChI=1S/C19H22N/c1-5-6-13-19(3)14(2)20(4)18-16-10-8-7-9-15(16)11-12-17(18)19/h5-12H,13H2,1-4H3/q+1. The summed E-state index contributed by atoms with van der Waals surface area (Å²) in [6.07, 6.45) is 5.49. The zero-order valence-electron chi connectivity index (χ0n) is 12.8. The van der Waals surface area contributed by atoms with E-state index in [9.17, 15) is 0 Å². The van der Waals surface area contributed by atoms with Gasteiger partial charge in [-0.2, -0.15) is 0 Å². The van der Waals surface area contributed by atoms with Crippen molar-refractivity contribution in [1.82, 2.24) is 0 Å². The van der Waals surface area contributed by atoms with Crippen LogP contribution in [0.3, 0.4) is 0 Å². The molecule has 20 heavy (non-hydrogen) atoms. The van der Waals surface area contributed by atoms with Crippen LogP contribution in [0.4, 0.5) is 5.69 Å². The lowest BCUT2D eigenvalue weighted by atomic mass is 9.76. The molecule has 1 atom stereocenters. The molecule has 0 spiro atoms. The quantitative estimate of drug-likeness (QED) is 0.541. The number of benzene rings is 2. The Kier molecular flexibility index (Phi) is 3.01. The molecule has 0 aliphatic carbocycles. The molecular formula is C19H22N+. The lowest BCUT2D eigenvalue weighted by Crippen LogP contribution is -2.28. The molecule has 0 N–H and O–H groups in total. The third-order valence-electron chi connectivity index (χ3n) is 4.89. The van der Waals surface area contributed by atoms with E-state index in [1.165, 1.54) is 27.7 Å². The van der Waals surface area contributed by atoms with Crippen LogP contribution in [0.1, 0.15) is 32.8 Å². The summed E-state index contributed by atoms with van der Waals surface area (Å²) in [4.78, 5) is 0. The molecule has 1 aliphatic rings. The van der Waals surface area contributed by atoms with Gasteiger partial charge < -0.3 is 0 Å². The van der Waals surface area contributed by atoms with Crippen molar-refractivity contribution in [3.05, 3.63) is 54.1 Å². The van der Waals surface area contributed by atoms with Crippen LogP contribution in [0.2, 0.25) is 0 Å². The minimum atomic E-state index is 0.112. The summed E-state index contributed by atoms with van der Waals surface area (Å²) in [6.45, 7) is 6.72. The van der Waals surface area contributed by atoms with Gasteiger partial charge in [-0.15, -0.1) is 0 Å². The summed E-state index contributed by atoms with van der Waals surface area (Å²) >= 11 is 0. The Balaban J connectivity index is 2.32. The fourth-order valence-electron chi connectivity index (χ4n) is 3.41. The topological polar surface area (TPSA) is 3.01 Å². The highest BCUT2D eigenvalue weighted by Gasteiger charge is 2.45. The van der Waals surface area contributed by atoms with Crippen molar-refractivity contribution in [2.24, 2.45) is 0 Å². The first-order valence-corrected chi connectivity index (χ1v) is 7.30. The second kappa shape index (κ2) is 4.59. The zero-order chi connectivity index (χ0) is 14.3. The molecule has 0 fully saturated rings. The van der Waals surface area contributed by atoms with Crippen molar-refractivity contribution in [2.75, 3.05) is 7.05 Å². The molecule has 1 unspecified atom stereocenters. The van der Waals surface area contributed by atoms with Gasteiger partial charge >= 0.3 is 0 Å². The molecule has 0 radical (unpaired) electrons. The predicted molar refractivity (Wildman–Crippen MR) is 87.3 cm³/mol. The van der Waals surface area contributed by atoms with Crippen LogP contribution in [0, 0.1) is 0 Å². The minimum Gasteiger partial charge on any atom is -0.201 e. The van der Waals surface area contributed by atoms with Crippen molar-refractivity contribution in [3.8, 4) is 0 Å². The predicted octanol–water partition coefficient (Wildman–Crippen LogP) is 4.81. The van der Waals surface area contributed by atoms with Gasteiger partial charge in [0.2, 0.25) is 5.69 Å². The van der Waals surface area contributed by atoms with E-state index in [0.717, 1.165) is 6.42 Å². The average molecular weight is 264 g/mol. The number of rotatable bonds is 2. The highest BCUT2D eigenvalue weighted by Crippen LogP contribution is 2.45. The Morgan fingerprint density at radius 2 is 1.90 bits per heavy atom. The van der Waals surface area contributed by atoms with E-state index < -0.39 is 0 Å². The number of nitrogens with zero attached hydrogens (tertiary/aromatic N) is 1. The lowest BCUT2D eigenvalue weighted by molar-refractivity contribution is -0.401. The first kappa shape index (κ1) is 13.1. The highest BCUT2D eigenvalue weighted by molar-refractivity contribution is 6.01. The molecule has 1 heterocycles. The molecule has 102 valence electrons. The van der Waals surface area contributed by atoms with E-state index in [-0.39, 0.29) is 5.41 Å². The van der Waals surface area contributed by atoms with Gasteiger partial charge in [-0.3, -0.25) is 0 Å². The summed E-state index contributed by atoms with van der Waals surface area (Å²) in [5.41, 5.74) is 4.38. The van der Waals surface area contributed by atoms with Gasteiger partial charge in [0.15, 0.2) is 5.71 Å². The van der Waals surface area contributed by atoms with Crippen molar-refractivity contribution >= 4 is 22.2 Å². The van der Waals surface area contributed by atoms with Crippen LogP contribution < -0.4 is 0 Å². The third-order valence-corrected chi connectivity index (χ3v) is 4.89. The van der Waals surface area contributed by atoms with E-state index in [1.54, 1.807) is 0 Å². The van der Waals surface area contributed by atoms with Gasteiger partial charge in [0.1, 0.15) is 7.05 Å². The van der Waals surface area contributed by atoms with Crippen molar-refractivity contribution in [3.63, 3.8) is 0 Å². The van der Waals surface area contributed by atoms with Crippen molar-refractivity contribution in [1.29, 1.82) is 0 Å². The van der Waals surface area contributed by atoms with E-state index in [4.69, 9.17) is 0 Å². The second-order valence-corrected chi connectivity index (χ2v) is 5.93. The molecule has 0 saturated heterocycles. The second-order valence-electron chi connectivity index (χ2n) is 5.93. The molecule has 0 bridgehead atoms. The molecule has 1 nitrogen and oxygen atoms in total. The maximum atomic E-state index is 2.38. The Labute approximate surface area is 121 Å². The normalized spacial score (nSPS) is 22.0. The highest BCUT2D eigenvalue weighted by atomic mass is 15.0. The van der Waals surface area contributed by atoms with Gasteiger partial charge in [0.05, 0.1) is 10.8 Å². The summed E-state index contributed by atoms with van der Waals surface area (Å²) in [7, 11) is 2.20. The summed E-state index contributed by atoms with van der Waals surface area (Å²) in [5.74, 6) is 0. The molecule has 0 saturated carbocycles. The van der Waals surface area contributed by atoms with Crippen LogP contribution in [0.5, 0.6) is 0 Å². The van der Waals surface area contributed by atoms with E-state index >= 15 is 0 Å². The fourth-order valence-corrected chi connectivity index (χ4v) is 3.41. The molecule has 1 aliphatic heterocycles. The SMILES string of the molecule is CC=CCC1(C)C(C)=[N+](C)c2c1ccc1ccccc21. The average Bonchev–Trinajstić information content (AvgIpc) is 2.68. The van der Waals surface area contributed by atoms with Crippen LogP contribution in [0.15, 0.2) is 48.6 Å². The number of allylic oxidation sites excluding steroid dienone is 2. The largest absolute Gasteiger partial charge is 0.217 e. The van der Waals surface area contributed by atoms with Crippen molar-refractivity contribution < 1.29 is 4.58 Å². The molecule has 2 aromatic carbocycles. The molecule has 3 rings (SSSR count). The van der Waals surface area contributed by atoms with Gasteiger partial charge in [0.25, 0.3) is 0 Å². The maximum Gasteiger partial charge on any atom is 0.217 e. The van der Waals surface area contributed by atoms with E-state index in [1.807, 2.05) is 0 Å². The summed E-state index contributed by atoms with van der Waals surface area (Å²) < 4.78 is 2.38. The smallest absolute Gasteiger partial charge is 0.201 e. The summed E-state index contributed by atoms with van der Waals surface area (Å²) in [6, 6.07) is 13.2. The fraction of sp³-hybridized carbons (Fsp3) is 0.316. The van der Waals surface area contributed by atoms with Crippen LogP contribution in [0.25, 0.3) is 10.8 Å². The molecule has 2 aromatic rings. The Bertz CT molecular complexity index is 737. The molecule has 1 heteroatoms. The number of hydrogen-bond donors (Lipinski definition) is 0. The lowest BCUT2D eigenvalue weighted by Gasteiger charge is -2.20. The van der Waals surface area contributed by atoms with Crippen LogP contribution in [-0.2, 0) is 5.41 Å².